The van der Waals surface area contributed by atoms with Crippen molar-refractivity contribution in [2.75, 3.05) is 6.73 Å². The van der Waals surface area contributed by atoms with Crippen LogP contribution in [0.5, 0.6) is 0 Å². The minimum Gasteiger partial charge on any atom is -0.355 e. The third-order valence-electron chi connectivity index (χ3n) is 3.35. The van der Waals surface area contributed by atoms with E-state index in [2.05, 4.69) is 22.4 Å². The highest BCUT2D eigenvalue weighted by molar-refractivity contribution is 5.64. The zero-order chi connectivity index (χ0) is 10.7. The molecule has 2 aliphatic rings. The fourth-order valence-corrected chi connectivity index (χ4v) is 2.45. The fraction of sp³-hybridized carbons (Fsp3) is 0.818. The second-order valence-corrected chi connectivity index (χ2v) is 4.35. The van der Waals surface area contributed by atoms with Crippen molar-refractivity contribution in [3.63, 3.8) is 0 Å². The molecular weight excluding hydrogens is 190 g/mol. The van der Waals surface area contributed by atoms with Gasteiger partial charge in [-0.15, -0.1) is 0 Å². The first-order valence-corrected chi connectivity index (χ1v) is 5.67. The summed E-state index contributed by atoms with van der Waals surface area (Å²) in [5, 5.41) is 4.15. The van der Waals surface area contributed by atoms with Crippen molar-refractivity contribution in [3.05, 3.63) is 0 Å². The maximum Gasteiger partial charge on any atom is 0.137 e. The van der Waals surface area contributed by atoms with Crippen LogP contribution in [0.25, 0.3) is 0 Å². The number of rotatable bonds is 3. The zero-order valence-electron chi connectivity index (χ0n) is 9.39. The normalized spacial score (nSPS) is 39.3. The third kappa shape index (κ3) is 2.20. The first kappa shape index (κ1) is 10.6. The van der Waals surface area contributed by atoms with Crippen molar-refractivity contribution in [2.24, 2.45) is 21.9 Å². The molecule has 1 aliphatic carbocycles. The molecule has 1 saturated carbocycles. The zero-order valence-corrected chi connectivity index (χ0v) is 9.39. The molecule has 0 aromatic heterocycles. The first-order chi connectivity index (χ1) is 7.33. The van der Waals surface area contributed by atoms with Crippen LogP contribution in [0.2, 0.25) is 0 Å². The number of fused-ring (bicyclic) bond motifs is 1. The number of nitrogens with zero attached hydrogens (tertiary/aromatic N) is 2. The highest BCUT2D eigenvalue weighted by Crippen LogP contribution is 2.32. The standard InChI is InChI=1S/C11H19N3O/c1-3-12-7-15-11-8(2)4-5-10-9(11)6-13-14-10/h3,6,8-11,14H,4-5,7H2,1-2H3. The van der Waals surface area contributed by atoms with Crippen molar-refractivity contribution >= 4 is 12.4 Å². The van der Waals surface area contributed by atoms with Gasteiger partial charge in [0.2, 0.25) is 0 Å². The van der Waals surface area contributed by atoms with E-state index >= 15 is 0 Å². The molecule has 4 nitrogen and oxygen atoms in total. The monoisotopic (exact) mass is 209 g/mol. The predicted octanol–water partition coefficient (Wildman–Crippen LogP) is 1.42. The molecule has 2 rings (SSSR count). The van der Waals surface area contributed by atoms with E-state index < -0.39 is 0 Å². The van der Waals surface area contributed by atoms with E-state index in [0.717, 1.165) is 0 Å². The third-order valence-corrected chi connectivity index (χ3v) is 3.35. The Morgan fingerprint density at radius 1 is 1.60 bits per heavy atom. The number of ether oxygens (including phenoxy) is 1. The van der Waals surface area contributed by atoms with Crippen LogP contribution in [0.1, 0.15) is 26.7 Å². The Balaban J connectivity index is 1.95. The molecule has 0 radical (unpaired) electrons. The van der Waals surface area contributed by atoms with Crippen LogP contribution in [0.15, 0.2) is 10.1 Å². The molecule has 0 spiro atoms. The molecular formula is C11H19N3O. The first-order valence-electron chi connectivity index (χ1n) is 5.67. The Morgan fingerprint density at radius 2 is 2.47 bits per heavy atom. The lowest BCUT2D eigenvalue weighted by molar-refractivity contribution is -0.0256. The molecule has 0 saturated heterocycles. The maximum atomic E-state index is 5.82. The molecule has 0 bridgehead atoms. The molecule has 4 heteroatoms. The number of hydrogen-bond donors (Lipinski definition) is 1. The summed E-state index contributed by atoms with van der Waals surface area (Å²) in [7, 11) is 0. The molecule has 0 amide bonds. The lowest BCUT2D eigenvalue weighted by atomic mass is 9.77. The highest BCUT2D eigenvalue weighted by Gasteiger charge is 2.39. The molecule has 1 heterocycles. The van der Waals surface area contributed by atoms with Gasteiger partial charge in [0.05, 0.1) is 12.1 Å². The number of nitrogens with one attached hydrogen (secondary N) is 1. The molecule has 15 heavy (non-hydrogen) atoms. The van der Waals surface area contributed by atoms with Gasteiger partial charge in [0.25, 0.3) is 0 Å². The van der Waals surface area contributed by atoms with Crippen molar-refractivity contribution < 1.29 is 4.74 Å². The quantitative estimate of drug-likeness (QED) is 0.715. The van der Waals surface area contributed by atoms with Crippen LogP contribution in [-0.2, 0) is 4.74 Å². The Hall–Kier alpha value is -0.900. The molecule has 4 unspecified atom stereocenters. The Labute approximate surface area is 90.8 Å². The average Bonchev–Trinajstić information content (AvgIpc) is 2.69. The molecule has 0 aromatic rings. The number of hydrazone groups is 1. The molecule has 1 aliphatic heterocycles. The molecule has 84 valence electrons. The molecule has 1 fully saturated rings. The van der Waals surface area contributed by atoms with Crippen molar-refractivity contribution in [2.45, 2.75) is 38.8 Å². The van der Waals surface area contributed by atoms with Gasteiger partial charge >= 0.3 is 0 Å². The van der Waals surface area contributed by atoms with Gasteiger partial charge in [-0.1, -0.05) is 6.92 Å². The average molecular weight is 209 g/mol. The Morgan fingerprint density at radius 3 is 3.27 bits per heavy atom. The van der Waals surface area contributed by atoms with Gasteiger partial charge in [0, 0.05) is 12.1 Å². The van der Waals surface area contributed by atoms with E-state index in [-0.39, 0.29) is 6.10 Å². The van der Waals surface area contributed by atoms with Gasteiger partial charge in [0.1, 0.15) is 6.73 Å². The largest absolute Gasteiger partial charge is 0.355 e. The number of hydrogen-bond acceptors (Lipinski definition) is 4. The van der Waals surface area contributed by atoms with Gasteiger partial charge in [-0.3, -0.25) is 4.99 Å². The van der Waals surface area contributed by atoms with Crippen molar-refractivity contribution in [3.8, 4) is 0 Å². The summed E-state index contributed by atoms with van der Waals surface area (Å²) in [5.41, 5.74) is 3.15. The summed E-state index contributed by atoms with van der Waals surface area (Å²) < 4.78 is 5.82. The van der Waals surface area contributed by atoms with Gasteiger partial charge in [-0.05, 0) is 31.9 Å². The van der Waals surface area contributed by atoms with E-state index in [1.54, 1.807) is 6.21 Å². The Bertz CT molecular complexity index is 265. The van der Waals surface area contributed by atoms with Crippen LogP contribution in [-0.4, -0.2) is 31.3 Å². The molecule has 1 N–H and O–H groups in total. The summed E-state index contributed by atoms with van der Waals surface area (Å²) in [6.45, 7) is 4.64. The lowest BCUT2D eigenvalue weighted by Crippen LogP contribution is -2.45. The summed E-state index contributed by atoms with van der Waals surface area (Å²) >= 11 is 0. The summed E-state index contributed by atoms with van der Waals surface area (Å²) in [5.74, 6) is 1.03. The number of aliphatic imine (C=N–C) groups is 1. The minimum absolute atomic E-state index is 0.270. The minimum atomic E-state index is 0.270. The molecule has 0 aromatic carbocycles. The van der Waals surface area contributed by atoms with Crippen LogP contribution < -0.4 is 5.43 Å². The van der Waals surface area contributed by atoms with E-state index in [1.165, 1.54) is 12.8 Å². The predicted molar refractivity (Wildman–Crippen MR) is 61.2 cm³/mol. The van der Waals surface area contributed by atoms with Crippen molar-refractivity contribution in [1.29, 1.82) is 0 Å². The van der Waals surface area contributed by atoms with E-state index in [4.69, 9.17) is 4.74 Å². The fourth-order valence-electron chi connectivity index (χ4n) is 2.45. The highest BCUT2D eigenvalue weighted by atomic mass is 16.5. The van der Waals surface area contributed by atoms with Crippen LogP contribution in [0.3, 0.4) is 0 Å². The van der Waals surface area contributed by atoms with Gasteiger partial charge < -0.3 is 10.2 Å². The topological polar surface area (TPSA) is 46.0 Å². The van der Waals surface area contributed by atoms with Crippen molar-refractivity contribution in [1.82, 2.24) is 5.43 Å². The van der Waals surface area contributed by atoms with Crippen LogP contribution >= 0.6 is 0 Å². The van der Waals surface area contributed by atoms with E-state index in [0.29, 0.717) is 24.6 Å². The van der Waals surface area contributed by atoms with Gasteiger partial charge in [0.15, 0.2) is 0 Å². The van der Waals surface area contributed by atoms with Crippen LogP contribution in [0, 0.1) is 11.8 Å². The molecule has 4 atom stereocenters. The summed E-state index contributed by atoms with van der Waals surface area (Å²) in [6, 6.07) is 0.483. The second-order valence-electron chi connectivity index (χ2n) is 4.35. The Kier molecular flexibility index (Phi) is 3.36. The SMILES string of the molecule is CC=NCOC1C(C)CCC2NN=CC21. The van der Waals surface area contributed by atoms with Crippen LogP contribution in [0.4, 0.5) is 0 Å². The van der Waals surface area contributed by atoms with E-state index in [9.17, 15) is 0 Å². The smallest absolute Gasteiger partial charge is 0.137 e. The van der Waals surface area contributed by atoms with E-state index in [1.807, 2.05) is 13.1 Å². The summed E-state index contributed by atoms with van der Waals surface area (Å²) in [6.07, 6.45) is 6.46. The second kappa shape index (κ2) is 4.75. The van der Waals surface area contributed by atoms with Gasteiger partial charge in [-0.2, -0.15) is 5.10 Å². The summed E-state index contributed by atoms with van der Waals surface area (Å²) in [4.78, 5) is 4.10. The van der Waals surface area contributed by atoms with Gasteiger partial charge in [-0.25, -0.2) is 0 Å². The lowest BCUT2D eigenvalue weighted by Gasteiger charge is -2.36. The maximum absolute atomic E-state index is 5.82.